The van der Waals surface area contributed by atoms with Crippen molar-refractivity contribution in [3.05, 3.63) is 35.4 Å². The Bertz CT molecular complexity index is 514. The Labute approximate surface area is 118 Å². The van der Waals surface area contributed by atoms with Crippen molar-refractivity contribution < 1.29 is 14.3 Å². The third-order valence-electron chi connectivity index (χ3n) is 2.90. The SMILES string of the molecule is CC(C)=C(C)c1ccc(NC(=O)OCCC(N)=O)cc1. The molecular formula is C15H20N2O3. The van der Waals surface area contributed by atoms with Gasteiger partial charge in [0.15, 0.2) is 0 Å². The number of rotatable bonds is 5. The lowest BCUT2D eigenvalue weighted by molar-refractivity contribution is -0.118. The van der Waals surface area contributed by atoms with Gasteiger partial charge in [0.25, 0.3) is 0 Å². The van der Waals surface area contributed by atoms with E-state index in [1.54, 1.807) is 12.1 Å². The molecule has 0 atom stereocenters. The molecular weight excluding hydrogens is 256 g/mol. The second-order valence-corrected chi connectivity index (χ2v) is 4.68. The Hall–Kier alpha value is -2.30. The highest BCUT2D eigenvalue weighted by Gasteiger charge is 2.05. The summed E-state index contributed by atoms with van der Waals surface area (Å²) in [4.78, 5) is 21.9. The number of ether oxygens (including phenoxy) is 1. The molecule has 1 aromatic rings. The van der Waals surface area contributed by atoms with Crippen molar-refractivity contribution in [2.24, 2.45) is 5.73 Å². The molecule has 0 heterocycles. The van der Waals surface area contributed by atoms with Crippen LogP contribution >= 0.6 is 0 Å². The maximum absolute atomic E-state index is 11.4. The number of benzene rings is 1. The Kier molecular flexibility index (Phi) is 5.77. The summed E-state index contributed by atoms with van der Waals surface area (Å²) in [6.07, 6.45) is -0.579. The van der Waals surface area contributed by atoms with Gasteiger partial charge in [0.1, 0.15) is 6.61 Å². The zero-order valence-corrected chi connectivity index (χ0v) is 12.0. The fourth-order valence-electron chi connectivity index (χ4n) is 1.49. The monoisotopic (exact) mass is 276 g/mol. The van der Waals surface area contributed by atoms with Gasteiger partial charge in [-0.15, -0.1) is 0 Å². The number of carbonyl (C=O) groups excluding carboxylic acids is 2. The summed E-state index contributed by atoms with van der Waals surface area (Å²) in [5.41, 5.74) is 9.15. The Balaban J connectivity index is 2.55. The van der Waals surface area contributed by atoms with Gasteiger partial charge in [-0.05, 0) is 44.0 Å². The summed E-state index contributed by atoms with van der Waals surface area (Å²) < 4.78 is 4.81. The Morgan fingerprint density at radius 1 is 1.15 bits per heavy atom. The summed E-state index contributed by atoms with van der Waals surface area (Å²) in [6.45, 7) is 6.14. The average molecular weight is 276 g/mol. The molecule has 0 aliphatic carbocycles. The van der Waals surface area contributed by atoms with Gasteiger partial charge < -0.3 is 10.5 Å². The van der Waals surface area contributed by atoms with E-state index < -0.39 is 12.0 Å². The van der Waals surface area contributed by atoms with Crippen LogP contribution in [-0.2, 0) is 9.53 Å². The molecule has 0 spiro atoms. The minimum absolute atomic E-state index is 0.0177. The maximum Gasteiger partial charge on any atom is 0.411 e. The molecule has 3 N–H and O–H groups in total. The van der Waals surface area contributed by atoms with Crippen LogP contribution in [0, 0.1) is 0 Å². The number of primary amides is 1. The standard InChI is InChI=1S/C15H20N2O3/c1-10(2)11(3)12-4-6-13(7-5-12)17-15(19)20-9-8-14(16)18/h4-7H,8-9H2,1-3H3,(H2,16,18)(H,17,19). The molecule has 0 bridgehead atoms. The topological polar surface area (TPSA) is 81.4 Å². The fraction of sp³-hybridized carbons (Fsp3) is 0.333. The molecule has 0 aliphatic heterocycles. The summed E-state index contributed by atoms with van der Waals surface area (Å²) in [5.74, 6) is -0.501. The molecule has 0 saturated carbocycles. The minimum atomic E-state index is -0.599. The van der Waals surface area contributed by atoms with Crippen LogP contribution < -0.4 is 11.1 Å². The first-order valence-electron chi connectivity index (χ1n) is 6.36. The van der Waals surface area contributed by atoms with E-state index in [1.807, 2.05) is 12.1 Å². The van der Waals surface area contributed by atoms with Crippen molar-refractivity contribution in [3.63, 3.8) is 0 Å². The highest BCUT2D eigenvalue weighted by Crippen LogP contribution is 2.19. The fourth-order valence-corrected chi connectivity index (χ4v) is 1.49. The van der Waals surface area contributed by atoms with Crippen molar-refractivity contribution in [2.75, 3.05) is 11.9 Å². The number of hydrogen-bond donors (Lipinski definition) is 2. The number of allylic oxidation sites excluding steroid dienone is 2. The lowest BCUT2D eigenvalue weighted by Gasteiger charge is -2.08. The van der Waals surface area contributed by atoms with E-state index in [4.69, 9.17) is 10.5 Å². The summed E-state index contributed by atoms with van der Waals surface area (Å²) in [5, 5.41) is 2.58. The molecule has 108 valence electrons. The smallest absolute Gasteiger partial charge is 0.411 e. The lowest BCUT2D eigenvalue weighted by atomic mass is 10.0. The van der Waals surface area contributed by atoms with Gasteiger partial charge >= 0.3 is 6.09 Å². The number of carbonyl (C=O) groups is 2. The van der Waals surface area contributed by atoms with Crippen LogP contribution in [0.3, 0.4) is 0 Å². The highest BCUT2D eigenvalue weighted by molar-refractivity contribution is 5.85. The number of nitrogens with two attached hydrogens (primary N) is 1. The molecule has 2 amide bonds. The molecule has 5 nitrogen and oxygen atoms in total. The van der Waals surface area contributed by atoms with Crippen LogP contribution in [0.25, 0.3) is 5.57 Å². The zero-order valence-electron chi connectivity index (χ0n) is 12.0. The second-order valence-electron chi connectivity index (χ2n) is 4.68. The molecule has 0 aromatic heterocycles. The van der Waals surface area contributed by atoms with Gasteiger partial charge in [-0.2, -0.15) is 0 Å². The molecule has 1 rings (SSSR count). The van der Waals surface area contributed by atoms with E-state index in [0.29, 0.717) is 5.69 Å². The highest BCUT2D eigenvalue weighted by atomic mass is 16.5. The van der Waals surface area contributed by atoms with Gasteiger partial charge in [0, 0.05) is 5.69 Å². The largest absolute Gasteiger partial charge is 0.449 e. The van der Waals surface area contributed by atoms with Crippen LogP contribution in [-0.4, -0.2) is 18.6 Å². The molecule has 0 saturated heterocycles. The number of amides is 2. The Morgan fingerprint density at radius 3 is 2.25 bits per heavy atom. The first-order chi connectivity index (χ1) is 9.40. The zero-order chi connectivity index (χ0) is 15.1. The predicted octanol–water partition coefficient (Wildman–Crippen LogP) is 2.92. The lowest BCUT2D eigenvalue weighted by Crippen LogP contribution is -2.18. The number of nitrogens with one attached hydrogen (secondary N) is 1. The van der Waals surface area contributed by atoms with Gasteiger partial charge in [-0.25, -0.2) is 4.79 Å². The van der Waals surface area contributed by atoms with E-state index in [9.17, 15) is 9.59 Å². The predicted molar refractivity (Wildman–Crippen MR) is 79.2 cm³/mol. The molecule has 20 heavy (non-hydrogen) atoms. The summed E-state index contributed by atoms with van der Waals surface area (Å²) in [7, 11) is 0. The van der Waals surface area contributed by atoms with E-state index in [1.165, 1.54) is 11.1 Å². The van der Waals surface area contributed by atoms with Gasteiger partial charge in [-0.3, -0.25) is 10.1 Å². The van der Waals surface area contributed by atoms with E-state index >= 15 is 0 Å². The van der Waals surface area contributed by atoms with E-state index in [2.05, 4.69) is 26.1 Å². The van der Waals surface area contributed by atoms with E-state index in [-0.39, 0.29) is 13.0 Å². The maximum atomic E-state index is 11.4. The molecule has 0 unspecified atom stereocenters. The number of anilines is 1. The molecule has 0 fully saturated rings. The first-order valence-corrected chi connectivity index (χ1v) is 6.36. The van der Waals surface area contributed by atoms with Crippen LogP contribution in [0.4, 0.5) is 10.5 Å². The van der Waals surface area contributed by atoms with Gasteiger partial charge in [0.2, 0.25) is 5.91 Å². The van der Waals surface area contributed by atoms with Crippen molar-refractivity contribution in [1.82, 2.24) is 0 Å². The van der Waals surface area contributed by atoms with Crippen LogP contribution in [0.15, 0.2) is 29.8 Å². The quantitative estimate of drug-likeness (QED) is 0.867. The third kappa shape index (κ3) is 5.14. The molecule has 5 heteroatoms. The third-order valence-corrected chi connectivity index (χ3v) is 2.90. The summed E-state index contributed by atoms with van der Waals surface area (Å²) in [6, 6.07) is 7.47. The van der Waals surface area contributed by atoms with Crippen LogP contribution in [0.2, 0.25) is 0 Å². The normalized spacial score (nSPS) is 9.75. The van der Waals surface area contributed by atoms with Crippen molar-refractivity contribution in [3.8, 4) is 0 Å². The molecule has 0 aliphatic rings. The van der Waals surface area contributed by atoms with Gasteiger partial charge in [0.05, 0.1) is 6.42 Å². The Morgan fingerprint density at radius 2 is 1.75 bits per heavy atom. The molecule has 0 radical (unpaired) electrons. The second kappa shape index (κ2) is 7.33. The van der Waals surface area contributed by atoms with Crippen molar-refractivity contribution in [1.29, 1.82) is 0 Å². The van der Waals surface area contributed by atoms with Crippen LogP contribution in [0.5, 0.6) is 0 Å². The van der Waals surface area contributed by atoms with Crippen molar-refractivity contribution in [2.45, 2.75) is 27.2 Å². The van der Waals surface area contributed by atoms with Gasteiger partial charge in [-0.1, -0.05) is 17.7 Å². The van der Waals surface area contributed by atoms with Crippen LogP contribution in [0.1, 0.15) is 32.8 Å². The van der Waals surface area contributed by atoms with E-state index in [0.717, 1.165) is 5.56 Å². The number of hydrogen-bond acceptors (Lipinski definition) is 3. The summed E-state index contributed by atoms with van der Waals surface area (Å²) >= 11 is 0. The minimum Gasteiger partial charge on any atom is -0.449 e. The average Bonchev–Trinajstić information content (AvgIpc) is 2.38. The first kappa shape index (κ1) is 15.8. The molecule has 1 aromatic carbocycles. The van der Waals surface area contributed by atoms with Crippen molar-refractivity contribution >= 4 is 23.3 Å².